The number of ether oxygens (including phenoxy) is 1. The summed E-state index contributed by atoms with van der Waals surface area (Å²) in [5.41, 5.74) is 4.91. The number of hydrogen-bond donors (Lipinski definition) is 1. The molecule has 0 radical (unpaired) electrons. The molecule has 262 valence electrons. The number of likely N-dealkylation sites (N-methyl/N-ethyl adjacent to an activating group) is 1. The van der Waals surface area contributed by atoms with E-state index in [2.05, 4.69) is 38.3 Å². The third-order valence-corrected chi connectivity index (χ3v) is 13.7. The molecule has 5 aliphatic rings. The molecule has 3 aliphatic heterocycles. The number of likely N-dealkylation sites (tertiary alicyclic amines) is 1. The van der Waals surface area contributed by atoms with Crippen LogP contribution in [0.3, 0.4) is 0 Å². The Balaban J connectivity index is 1.29. The van der Waals surface area contributed by atoms with Gasteiger partial charge in [-0.25, -0.2) is 13.1 Å². The number of piperazine rings is 1. The Kier molecular flexibility index (Phi) is 7.76. The van der Waals surface area contributed by atoms with Crippen LogP contribution in [0, 0.1) is 10.8 Å². The normalized spacial score (nSPS) is 26.9. The number of nitrogens with zero attached hydrogens (tertiary/aromatic N) is 3. The molecule has 3 aromatic rings. The third kappa shape index (κ3) is 5.57. The maximum absolute atomic E-state index is 15.0. The highest BCUT2D eigenvalue weighted by molar-refractivity contribution is 7.90. The quantitative estimate of drug-likeness (QED) is 0.329. The van der Waals surface area contributed by atoms with E-state index in [9.17, 15) is 13.2 Å². The van der Waals surface area contributed by atoms with Gasteiger partial charge in [0.1, 0.15) is 5.75 Å². The van der Waals surface area contributed by atoms with Gasteiger partial charge in [-0.15, -0.1) is 0 Å². The van der Waals surface area contributed by atoms with Gasteiger partial charge in [-0.2, -0.15) is 0 Å². The Morgan fingerprint density at radius 1 is 0.980 bits per heavy atom. The number of benzene rings is 2. The van der Waals surface area contributed by atoms with Crippen molar-refractivity contribution in [2.24, 2.45) is 10.8 Å². The van der Waals surface area contributed by atoms with Gasteiger partial charge in [0.15, 0.2) is 0 Å². The van der Waals surface area contributed by atoms with Crippen LogP contribution in [0.1, 0.15) is 105 Å². The fourth-order valence-electron chi connectivity index (χ4n) is 9.93. The zero-order valence-electron chi connectivity index (χ0n) is 29.5. The van der Waals surface area contributed by atoms with E-state index in [-0.39, 0.29) is 29.7 Å². The third-order valence-electron chi connectivity index (χ3n) is 12.0. The molecule has 4 fully saturated rings. The maximum Gasteiger partial charge on any atom is 0.264 e. The molecule has 4 heterocycles. The van der Waals surface area contributed by atoms with Crippen LogP contribution in [0.25, 0.3) is 22.2 Å². The average Bonchev–Trinajstić information content (AvgIpc) is 3.63. The van der Waals surface area contributed by atoms with Crippen molar-refractivity contribution in [3.63, 3.8) is 0 Å². The number of hydrogen-bond acceptors (Lipinski definition) is 6. The molecule has 1 aromatic heterocycles. The first kappa shape index (κ1) is 32.8. The van der Waals surface area contributed by atoms with Gasteiger partial charge in [-0.3, -0.25) is 9.59 Å². The Hall–Kier alpha value is -3.37. The summed E-state index contributed by atoms with van der Waals surface area (Å²) in [7, 11) is 0.0205. The van der Waals surface area contributed by atoms with Crippen LogP contribution < -0.4 is 9.46 Å². The molecular formula is C39H50N4O5S. The van der Waals surface area contributed by atoms with Crippen molar-refractivity contribution < 1.29 is 22.7 Å². The monoisotopic (exact) mass is 686 g/mol. The largest absolute Gasteiger partial charge is 0.497 e. The second-order valence-corrected chi connectivity index (χ2v) is 18.6. The van der Waals surface area contributed by atoms with Crippen LogP contribution in [-0.2, 0) is 21.4 Å². The predicted molar refractivity (Wildman–Crippen MR) is 191 cm³/mol. The van der Waals surface area contributed by atoms with E-state index in [4.69, 9.17) is 4.74 Å². The lowest BCUT2D eigenvalue weighted by atomic mass is 9.81. The molecule has 2 bridgehead atoms. The highest BCUT2D eigenvalue weighted by Gasteiger charge is 2.65. The Morgan fingerprint density at radius 3 is 2.37 bits per heavy atom. The fraction of sp³-hybridized carbons (Fsp3) is 0.590. The summed E-state index contributed by atoms with van der Waals surface area (Å²) in [4.78, 5) is 33.2. The second-order valence-electron chi connectivity index (χ2n) is 16.9. The molecule has 2 amide bonds. The predicted octanol–water partition coefficient (Wildman–Crippen LogP) is 6.26. The van der Waals surface area contributed by atoms with E-state index in [1.165, 1.54) is 30.4 Å². The van der Waals surface area contributed by atoms with Crippen molar-refractivity contribution in [3.05, 3.63) is 53.1 Å². The molecule has 2 aromatic carbocycles. The number of sulfonamides is 1. The first-order valence-corrected chi connectivity index (χ1v) is 19.8. The van der Waals surface area contributed by atoms with E-state index < -0.39 is 26.8 Å². The SMILES string of the molecule is COc1ccc2c(c1)C1CC1(C(=O)N1C3CCC1CN(C)C3)Cn1c-2c(C2CCCCC2)c2ccc(C(=O)NS(=O)(=O)CC(C)(C)C)cc21. The zero-order chi connectivity index (χ0) is 34.5. The van der Waals surface area contributed by atoms with Gasteiger partial charge in [0.25, 0.3) is 5.91 Å². The number of nitrogens with one attached hydrogen (secondary N) is 1. The van der Waals surface area contributed by atoms with Gasteiger partial charge in [-0.1, -0.05) is 46.1 Å². The summed E-state index contributed by atoms with van der Waals surface area (Å²) in [5.74, 6) is 0.731. The van der Waals surface area contributed by atoms with E-state index in [0.717, 1.165) is 73.1 Å². The Bertz CT molecular complexity index is 1940. The number of carbonyl (C=O) groups is 2. The first-order valence-electron chi connectivity index (χ1n) is 18.2. The van der Waals surface area contributed by atoms with Crippen LogP contribution in [0.5, 0.6) is 5.75 Å². The summed E-state index contributed by atoms with van der Waals surface area (Å²) in [6.07, 6.45) is 8.66. The molecule has 1 N–H and O–H groups in total. The summed E-state index contributed by atoms with van der Waals surface area (Å²) in [6, 6.07) is 12.5. The summed E-state index contributed by atoms with van der Waals surface area (Å²) < 4.78 is 36.4. The average molecular weight is 687 g/mol. The topological polar surface area (TPSA) is 101 Å². The number of carbonyl (C=O) groups excluding carboxylic acids is 2. The molecule has 10 heteroatoms. The van der Waals surface area contributed by atoms with Crippen molar-refractivity contribution in [1.29, 1.82) is 0 Å². The van der Waals surface area contributed by atoms with Crippen LogP contribution in [-0.4, -0.2) is 79.7 Å². The van der Waals surface area contributed by atoms with E-state index in [1.54, 1.807) is 13.2 Å². The zero-order valence-corrected chi connectivity index (χ0v) is 30.4. The van der Waals surface area contributed by atoms with Crippen LogP contribution in [0.2, 0.25) is 0 Å². The minimum Gasteiger partial charge on any atom is -0.497 e. The number of aromatic nitrogens is 1. The summed E-state index contributed by atoms with van der Waals surface area (Å²) in [6.45, 7) is 7.88. The molecule has 4 atom stereocenters. The van der Waals surface area contributed by atoms with E-state index in [0.29, 0.717) is 18.0 Å². The minimum atomic E-state index is -3.84. The van der Waals surface area contributed by atoms with E-state index >= 15 is 4.79 Å². The van der Waals surface area contributed by atoms with Crippen LogP contribution >= 0.6 is 0 Å². The van der Waals surface area contributed by atoms with Crippen molar-refractivity contribution in [3.8, 4) is 17.0 Å². The number of methoxy groups -OCH3 is 1. The van der Waals surface area contributed by atoms with Gasteiger partial charge in [0, 0.05) is 59.7 Å². The van der Waals surface area contributed by atoms with Gasteiger partial charge >= 0.3 is 0 Å². The molecule has 4 unspecified atom stereocenters. The number of fused-ring (bicyclic) bond motifs is 9. The lowest BCUT2D eigenvalue weighted by Gasteiger charge is -2.41. The highest BCUT2D eigenvalue weighted by atomic mass is 32.2. The maximum atomic E-state index is 15.0. The Labute approximate surface area is 290 Å². The van der Waals surface area contributed by atoms with Gasteiger partial charge < -0.3 is 19.1 Å². The summed E-state index contributed by atoms with van der Waals surface area (Å²) >= 11 is 0. The molecule has 2 saturated heterocycles. The van der Waals surface area contributed by atoms with Gasteiger partial charge in [0.05, 0.1) is 24.0 Å². The van der Waals surface area contributed by atoms with Crippen molar-refractivity contribution in [1.82, 2.24) is 19.1 Å². The molecule has 0 spiro atoms. The van der Waals surface area contributed by atoms with Gasteiger partial charge in [-0.05, 0) is 91.9 Å². The standard InChI is InChI=1S/C39H50N4O5S/c1-38(2,3)23-49(46,47)40-36(44)25-11-15-30-33(17-25)42-22-39(37(45)43-26-12-13-27(43)21-41(4)20-26)19-32(39)31-18-28(48-5)14-16-29(31)35(42)34(30)24-9-7-6-8-10-24/h11,14-18,24,26-27,32H,6-10,12-13,19-23H2,1-5H3,(H,40,44). The molecule has 2 saturated carbocycles. The fourth-order valence-corrected chi connectivity index (χ4v) is 11.5. The molecule has 2 aliphatic carbocycles. The second kappa shape index (κ2) is 11.6. The van der Waals surface area contributed by atoms with Crippen LogP contribution in [0.4, 0.5) is 0 Å². The minimum absolute atomic E-state index is 0.0762. The lowest BCUT2D eigenvalue weighted by Crippen LogP contribution is -2.57. The summed E-state index contributed by atoms with van der Waals surface area (Å²) in [5, 5.41) is 1.10. The van der Waals surface area contributed by atoms with Crippen molar-refractivity contribution >= 4 is 32.7 Å². The van der Waals surface area contributed by atoms with E-state index in [1.807, 2.05) is 39.0 Å². The first-order chi connectivity index (χ1) is 23.3. The molecule has 49 heavy (non-hydrogen) atoms. The highest BCUT2D eigenvalue weighted by Crippen LogP contribution is 2.66. The van der Waals surface area contributed by atoms with Crippen molar-refractivity contribution in [2.75, 3.05) is 33.0 Å². The van der Waals surface area contributed by atoms with Crippen molar-refractivity contribution in [2.45, 2.75) is 103 Å². The number of rotatable bonds is 6. The molecule has 8 rings (SSSR count). The molecule has 9 nitrogen and oxygen atoms in total. The smallest absolute Gasteiger partial charge is 0.264 e. The Morgan fingerprint density at radius 2 is 1.69 bits per heavy atom. The van der Waals surface area contributed by atoms with Gasteiger partial charge in [0.2, 0.25) is 15.9 Å². The number of amides is 2. The van der Waals surface area contributed by atoms with Crippen LogP contribution in [0.15, 0.2) is 36.4 Å². The lowest BCUT2D eigenvalue weighted by molar-refractivity contribution is -0.143. The molecular weight excluding hydrogens is 637 g/mol.